The molecule has 1 atom stereocenters. The Kier molecular flexibility index (Phi) is 4.84. The van der Waals surface area contributed by atoms with E-state index in [4.69, 9.17) is 0 Å². The predicted octanol–water partition coefficient (Wildman–Crippen LogP) is 3.07. The number of halogens is 2. The Morgan fingerprint density at radius 2 is 2.00 bits per heavy atom. The fourth-order valence-corrected chi connectivity index (χ4v) is 2.35. The van der Waals surface area contributed by atoms with E-state index in [9.17, 15) is 8.78 Å². The number of aromatic nitrogens is 2. The standard InChI is InChI=1S/C15H19F2N3/c1-3-8-20-9-7-19-14(20)10-13(18-2)15-11(16)5-4-6-12(15)17/h4-7,9,13,18H,3,8,10H2,1-2H3. The lowest BCUT2D eigenvalue weighted by Gasteiger charge is -2.18. The lowest BCUT2D eigenvalue weighted by molar-refractivity contribution is 0.475. The normalized spacial score (nSPS) is 12.6. The van der Waals surface area contributed by atoms with Crippen LogP contribution in [0, 0.1) is 11.6 Å². The van der Waals surface area contributed by atoms with Crippen LogP contribution in [-0.2, 0) is 13.0 Å². The molecule has 0 spiro atoms. The van der Waals surface area contributed by atoms with Crippen LogP contribution in [0.4, 0.5) is 8.78 Å². The van der Waals surface area contributed by atoms with E-state index in [-0.39, 0.29) is 5.56 Å². The lowest BCUT2D eigenvalue weighted by Crippen LogP contribution is -2.23. The summed E-state index contributed by atoms with van der Waals surface area (Å²) in [6.07, 6.45) is 5.04. The first-order valence-corrected chi connectivity index (χ1v) is 6.78. The van der Waals surface area contributed by atoms with Crippen LogP contribution in [0.25, 0.3) is 0 Å². The molecule has 1 aromatic carbocycles. The van der Waals surface area contributed by atoms with Crippen LogP contribution in [0.2, 0.25) is 0 Å². The first-order valence-electron chi connectivity index (χ1n) is 6.78. The number of hydrogen-bond donors (Lipinski definition) is 1. The van der Waals surface area contributed by atoms with Crippen molar-refractivity contribution in [1.29, 1.82) is 0 Å². The summed E-state index contributed by atoms with van der Waals surface area (Å²) < 4.78 is 29.7. The van der Waals surface area contributed by atoms with Gasteiger partial charge in [0.05, 0.1) is 0 Å². The molecule has 1 unspecified atom stereocenters. The van der Waals surface area contributed by atoms with Gasteiger partial charge in [-0.05, 0) is 25.6 Å². The van der Waals surface area contributed by atoms with Gasteiger partial charge in [0.25, 0.3) is 0 Å². The van der Waals surface area contributed by atoms with Crippen LogP contribution in [0.3, 0.4) is 0 Å². The monoisotopic (exact) mass is 279 g/mol. The van der Waals surface area contributed by atoms with Gasteiger partial charge in [-0.2, -0.15) is 0 Å². The summed E-state index contributed by atoms with van der Waals surface area (Å²) in [6, 6.07) is 3.50. The van der Waals surface area contributed by atoms with Crippen molar-refractivity contribution in [3.8, 4) is 0 Å². The molecule has 0 bridgehead atoms. The zero-order chi connectivity index (χ0) is 14.5. The molecule has 1 heterocycles. The number of aryl methyl sites for hydroxylation is 1. The number of benzene rings is 1. The van der Waals surface area contributed by atoms with Crippen molar-refractivity contribution >= 4 is 0 Å². The van der Waals surface area contributed by atoms with Gasteiger partial charge < -0.3 is 9.88 Å². The van der Waals surface area contributed by atoms with Crippen LogP contribution in [-0.4, -0.2) is 16.6 Å². The van der Waals surface area contributed by atoms with Gasteiger partial charge in [0.15, 0.2) is 0 Å². The van der Waals surface area contributed by atoms with Crippen molar-refractivity contribution in [3.05, 3.63) is 53.6 Å². The van der Waals surface area contributed by atoms with E-state index in [0.29, 0.717) is 6.42 Å². The number of nitrogens with zero attached hydrogens (tertiary/aromatic N) is 2. The number of imidazole rings is 1. The van der Waals surface area contributed by atoms with E-state index in [1.54, 1.807) is 13.2 Å². The van der Waals surface area contributed by atoms with Gasteiger partial charge in [-0.3, -0.25) is 0 Å². The summed E-state index contributed by atoms with van der Waals surface area (Å²) in [5, 5.41) is 2.97. The van der Waals surface area contributed by atoms with Gasteiger partial charge >= 0.3 is 0 Å². The Morgan fingerprint density at radius 1 is 1.30 bits per heavy atom. The molecule has 0 saturated heterocycles. The highest BCUT2D eigenvalue weighted by Crippen LogP contribution is 2.23. The highest BCUT2D eigenvalue weighted by Gasteiger charge is 2.20. The summed E-state index contributed by atoms with van der Waals surface area (Å²) in [4.78, 5) is 4.29. The van der Waals surface area contributed by atoms with Crippen LogP contribution < -0.4 is 5.32 Å². The van der Waals surface area contributed by atoms with E-state index in [1.165, 1.54) is 18.2 Å². The third kappa shape index (κ3) is 3.04. The maximum absolute atomic E-state index is 13.9. The minimum atomic E-state index is -0.530. The zero-order valence-corrected chi connectivity index (χ0v) is 11.7. The molecule has 108 valence electrons. The molecule has 3 nitrogen and oxygen atoms in total. The molecule has 1 N–H and O–H groups in total. The molecule has 0 aliphatic heterocycles. The Morgan fingerprint density at radius 3 is 2.60 bits per heavy atom. The Labute approximate surface area is 117 Å². The number of nitrogens with one attached hydrogen (secondary N) is 1. The van der Waals surface area contributed by atoms with E-state index in [1.807, 2.05) is 10.8 Å². The summed E-state index contributed by atoms with van der Waals surface area (Å²) in [7, 11) is 1.70. The summed E-state index contributed by atoms with van der Waals surface area (Å²) in [5.41, 5.74) is 0.0704. The van der Waals surface area contributed by atoms with Gasteiger partial charge in [-0.25, -0.2) is 13.8 Å². The van der Waals surface area contributed by atoms with Crippen molar-refractivity contribution in [2.45, 2.75) is 32.4 Å². The van der Waals surface area contributed by atoms with Crippen molar-refractivity contribution in [2.24, 2.45) is 0 Å². The van der Waals surface area contributed by atoms with Crippen LogP contribution >= 0.6 is 0 Å². The number of likely N-dealkylation sites (N-methyl/N-ethyl adjacent to an activating group) is 1. The first-order chi connectivity index (χ1) is 9.67. The van der Waals surface area contributed by atoms with Crippen LogP contribution in [0.1, 0.15) is 30.8 Å². The third-order valence-corrected chi connectivity index (χ3v) is 3.35. The SMILES string of the molecule is CCCn1ccnc1CC(NC)c1c(F)cccc1F. The van der Waals surface area contributed by atoms with Crippen LogP contribution in [0.5, 0.6) is 0 Å². The Hall–Kier alpha value is -1.75. The second kappa shape index (κ2) is 6.61. The molecule has 0 amide bonds. The summed E-state index contributed by atoms with van der Waals surface area (Å²) in [6.45, 7) is 2.93. The van der Waals surface area contributed by atoms with E-state index in [0.717, 1.165) is 18.8 Å². The quantitative estimate of drug-likeness (QED) is 0.880. The van der Waals surface area contributed by atoms with Gasteiger partial charge in [0.1, 0.15) is 17.5 Å². The molecule has 0 aliphatic rings. The maximum Gasteiger partial charge on any atom is 0.130 e. The minimum Gasteiger partial charge on any atom is -0.335 e. The van der Waals surface area contributed by atoms with Gasteiger partial charge in [0, 0.05) is 37.0 Å². The second-order valence-electron chi connectivity index (χ2n) is 4.72. The molecule has 0 aliphatic carbocycles. The van der Waals surface area contributed by atoms with Crippen molar-refractivity contribution in [1.82, 2.24) is 14.9 Å². The summed E-state index contributed by atoms with van der Waals surface area (Å²) in [5.74, 6) is -0.232. The molecule has 0 fully saturated rings. The maximum atomic E-state index is 13.9. The zero-order valence-electron chi connectivity index (χ0n) is 11.7. The largest absolute Gasteiger partial charge is 0.335 e. The van der Waals surface area contributed by atoms with Gasteiger partial charge in [-0.15, -0.1) is 0 Å². The molecule has 20 heavy (non-hydrogen) atoms. The molecule has 2 rings (SSSR count). The highest BCUT2D eigenvalue weighted by atomic mass is 19.1. The number of hydrogen-bond acceptors (Lipinski definition) is 2. The molecular formula is C15H19F2N3. The minimum absolute atomic E-state index is 0.0704. The topological polar surface area (TPSA) is 29.9 Å². The van der Waals surface area contributed by atoms with Crippen molar-refractivity contribution in [2.75, 3.05) is 7.05 Å². The average molecular weight is 279 g/mol. The van der Waals surface area contributed by atoms with Crippen molar-refractivity contribution in [3.63, 3.8) is 0 Å². The van der Waals surface area contributed by atoms with E-state index >= 15 is 0 Å². The van der Waals surface area contributed by atoms with Crippen LogP contribution in [0.15, 0.2) is 30.6 Å². The highest BCUT2D eigenvalue weighted by molar-refractivity contribution is 5.24. The fourth-order valence-electron chi connectivity index (χ4n) is 2.35. The van der Waals surface area contributed by atoms with Crippen molar-refractivity contribution < 1.29 is 8.78 Å². The number of rotatable bonds is 6. The lowest BCUT2D eigenvalue weighted by atomic mass is 10.0. The summed E-state index contributed by atoms with van der Waals surface area (Å²) >= 11 is 0. The average Bonchev–Trinajstić information content (AvgIpc) is 2.85. The molecule has 5 heteroatoms. The Bertz CT molecular complexity index is 546. The smallest absolute Gasteiger partial charge is 0.130 e. The molecule has 0 radical (unpaired) electrons. The molecular weight excluding hydrogens is 260 g/mol. The van der Waals surface area contributed by atoms with Gasteiger partial charge in [-0.1, -0.05) is 13.0 Å². The molecule has 0 saturated carbocycles. The predicted molar refractivity (Wildman–Crippen MR) is 74.4 cm³/mol. The van der Waals surface area contributed by atoms with E-state index in [2.05, 4.69) is 17.2 Å². The molecule has 2 aromatic rings. The molecule has 1 aromatic heterocycles. The van der Waals surface area contributed by atoms with E-state index < -0.39 is 17.7 Å². The fraction of sp³-hybridized carbons (Fsp3) is 0.400. The van der Waals surface area contributed by atoms with Gasteiger partial charge in [0.2, 0.25) is 0 Å². The third-order valence-electron chi connectivity index (χ3n) is 3.35. The first kappa shape index (κ1) is 14.7. The Balaban J connectivity index is 2.27. The second-order valence-corrected chi connectivity index (χ2v) is 4.72.